The lowest BCUT2D eigenvalue weighted by atomic mass is 10.2. The van der Waals surface area contributed by atoms with Crippen LogP contribution in [0.4, 0.5) is 5.69 Å². The van der Waals surface area contributed by atoms with Gasteiger partial charge in [-0.05, 0) is 36.0 Å². The first-order valence-corrected chi connectivity index (χ1v) is 7.12. The lowest BCUT2D eigenvalue weighted by molar-refractivity contribution is -0.385. The Morgan fingerprint density at radius 1 is 1.38 bits per heavy atom. The fourth-order valence-electron chi connectivity index (χ4n) is 1.97. The molecule has 8 heteroatoms. The van der Waals surface area contributed by atoms with E-state index in [4.69, 9.17) is 0 Å². The molecule has 1 aromatic carbocycles. The molecule has 1 N–H and O–H groups in total. The van der Waals surface area contributed by atoms with Gasteiger partial charge in [-0.2, -0.15) is 0 Å². The van der Waals surface area contributed by atoms with E-state index in [0.29, 0.717) is 21.0 Å². The largest absolute Gasteiger partial charge is 0.292 e. The second-order valence-electron chi connectivity index (χ2n) is 4.26. The minimum Gasteiger partial charge on any atom is -0.262 e. The maximum atomic E-state index is 11.4. The van der Waals surface area contributed by atoms with E-state index in [2.05, 4.69) is 20.2 Å². The minimum atomic E-state index is -0.389. The number of H-pyrrole nitrogens is 1. The number of nitrogens with zero attached hydrogens (tertiary/aromatic N) is 4. The van der Waals surface area contributed by atoms with E-state index in [1.54, 1.807) is 30.5 Å². The number of nitro benzene ring substituents is 1. The summed E-state index contributed by atoms with van der Waals surface area (Å²) in [4.78, 5) is 19.9. The van der Waals surface area contributed by atoms with Crippen LogP contribution in [0, 0.1) is 10.1 Å². The molecule has 2 heterocycles. The molecule has 106 valence electrons. The Morgan fingerprint density at radius 2 is 2.24 bits per heavy atom. The predicted octanol–water partition coefficient (Wildman–Crippen LogP) is 2.97. The highest BCUT2D eigenvalue weighted by molar-refractivity contribution is 7.99. The van der Waals surface area contributed by atoms with Crippen LogP contribution in [0.1, 0.15) is 12.7 Å². The summed E-state index contributed by atoms with van der Waals surface area (Å²) in [5, 5.41) is 19.2. The summed E-state index contributed by atoms with van der Waals surface area (Å²) >= 11 is 1.17. The van der Waals surface area contributed by atoms with Gasteiger partial charge < -0.3 is 0 Å². The Labute approximate surface area is 124 Å². The van der Waals surface area contributed by atoms with Gasteiger partial charge in [-0.3, -0.25) is 20.2 Å². The first kappa shape index (κ1) is 13.5. The highest BCUT2D eigenvalue weighted by Crippen LogP contribution is 2.37. The Hall–Kier alpha value is -2.48. The van der Waals surface area contributed by atoms with Gasteiger partial charge in [0.15, 0.2) is 0 Å². The lowest BCUT2D eigenvalue weighted by Crippen LogP contribution is -1.94. The van der Waals surface area contributed by atoms with Gasteiger partial charge in [0, 0.05) is 12.6 Å². The van der Waals surface area contributed by atoms with Crippen LogP contribution in [-0.2, 0) is 6.42 Å². The highest BCUT2D eigenvalue weighted by atomic mass is 32.2. The van der Waals surface area contributed by atoms with Crippen LogP contribution in [0.3, 0.4) is 0 Å². The fourth-order valence-corrected chi connectivity index (χ4v) is 2.83. The number of fused-ring (bicyclic) bond motifs is 1. The number of rotatable bonds is 4. The number of hydrogen-bond donors (Lipinski definition) is 1. The molecule has 0 aliphatic carbocycles. The van der Waals surface area contributed by atoms with Crippen LogP contribution in [0.25, 0.3) is 10.9 Å². The maximum absolute atomic E-state index is 11.4. The number of aromatic amines is 1. The number of aryl methyl sites for hydroxylation is 1. The third-order valence-corrected chi connectivity index (χ3v) is 3.86. The zero-order valence-electron chi connectivity index (χ0n) is 11.1. The molecule has 0 saturated carbocycles. The van der Waals surface area contributed by atoms with Crippen molar-refractivity contribution in [3.8, 4) is 0 Å². The van der Waals surface area contributed by atoms with E-state index in [-0.39, 0.29) is 10.6 Å². The van der Waals surface area contributed by atoms with Gasteiger partial charge in [0.25, 0.3) is 5.69 Å². The monoisotopic (exact) mass is 301 g/mol. The third kappa shape index (κ3) is 2.57. The first-order chi connectivity index (χ1) is 10.2. The summed E-state index contributed by atoms with van der Waals surface area (Å²) in [5.74, 6) is 0.752. The Balaban J connectivity index is 2.09. The molecule has 21 heavy (non-hydrogen) atoms. The summed E-state index contributed by atoms with van der Waals surface area (Å²) < 4.78 is 0. The van der Waals surface area contributed by atoms with Gasteiger partial charge in [0.05, 0.1) is 20.7 Å². The molecule has 0 fully saturated rings. The Bertz CT molecular complexity index is 817. The number of nitro groups is 1. The Morgan fingerprint density at radius 3 is 2.95 bits per heavy atom. The molecule has 0 aliphatic heterocycles. The molecule has 2 aromatic heterocycles. The molecule has 0 unspecified atom stereocenters. The van der Waals surface area contributed by atoms with E-state index in [9.17, 15) is 10.1 Å². The maximum Gasteiger partial charge on any atom is 0.292 e. The zero-order valence-corrected chi connectivity index (χ0v) is 11.9. The molecule has 0 atom stereocenters. The third-order valence-electron chi connectivity index (χ3n) is 2.95. The molecule has 0 aliphatic rings. The summed E-state index contributed by atoms with van der Waals surface area (Å²) in [6.45, 7) is 1.96. The number of pyridine rings is 1. The van der Waals surface area contributed by atoms with E-state index in [1.807, 2.05) is 6.92 Å². The number of hydrogen-bond acceptors (Lipinski definition) is 6. The standard InChI is InChI=1S/C13H11N5O2S/c1-2-11-15-13(17-16-11)21-10-6-5-9-8(4-3-7-14-9)12(10)18(19)20/h3-7H,2H2,1H3,(H,15,16,17). The van der Waals surface area contributed by atoms with Crippen molar-refractivity contribution < 1.29 is 4.92 Å². The molecule has 0 saturated heterocycles. The minimum absolute atomic E-state index is 0.0356. The smallest absolute Gasteiger partial charge is 0.262 e. The summed E-state index contributed by atoms with van der Waals surface area (Å²) in [6, 6.07) is 6.82. The van der Waals surface area contributed by atoms with Crippen LogP contribution in [0.5, 0.6) is 0 Å². The van der Waals surface area contributed by atoms with Crippen molar-refractivity contribution in [1.29, 1.82) is 0 Å². The molecule has 3 rings (SSSR count). The van der Waals surface area contributed by atoms with Crippen LogP contribution in [-0.4, -0.2) is 25.1 Å². The number of nitrogens with one attached hydrogen (secondary N) is 1. The number of aromatic nitrogens is 4. The zero-order chi connectivity index (χ0) is 14.8. The molecular weight excluding hydrogens is 290 g/mol. The van der Waals surface area contributed by atoms with Gasteiger partial charge in [0.2, 0.25) is 5.16 Å². The SMILES string of the molecule is CCc1nc(Sc2ccc3ncccc3c2[N+](=O)[O-])n[nH]1. The summed E-state index contributed by atoms with van der Waals surface area (Å²) in [5.41, 5.74) is 0.631. The second kappa shape index (κ2) is 5.49. The normalized spacial score (nSPS) is 10.9. The van der Waals surface area contributed by atoms with Crippen molar-refractivity contribution in [2.45, 2.75) is 23.4 Å². The number of benzene rings is 1. The molecule has 0 bridgehead atoms. The fraction of sp³-hybridized carbons (Fsp3) is 0.154. The topological polar surface area (TPSA) is 97.6 Å². The van der Waals surface area contributed by atoms with Crippen LogP contribution >= 0.6 is 11.8 Å². The van der Waals surface area contributed by atoms with Crippen molar-refractivity contribution in [1.82, 2.24) is 20.2 Å². The van der Waals surface area contributed by atoms with E-state index in [1.165, 1.54) is 11.8 Å². The van der Waals surface area contributed by atoms with E-state index >= 15 is 0 Å². The average Bonchev–Trinajstić information content (AvgIpc) is 2.94. The molecular formula is C13H11N5O2S. The summed E-state index contributed by atoms with van der Waals surface area (Å²) in [6.07, 6.45) is 2.35. The van der Waals surface area contributed by atoms with Gasteiger partial charge in [-0.15, -0.1) is 5.10 Å². The molecule has 0 spiro atoms. The van der Waals surface area contributed by atoms with Crippen LogP contribution < -0.4 is 0 Å². The van der Waals surface area contributed by atoms with E-state index in [0.717, 1.165) is 12.2 Å². The quantitative estimate of drug-likeness (QED) is 0.587. The lowest BCUT2D eigenvalue weighted by Gasteiger charge is -2.03. The molecule has 7 nitrogen and oxygen atoms in total. The van der Waals surface area contributed by atoms with Crippen molar-refractivity contribution in [3.63, 3.8) is 0 Å². The van der Waals surface area contributed by atoms with E-state index < -0.39 is 0 Å². The summed E-state index contributed by atoms with van der Waals surface area (Å²) in [7, 11) is 0. The van der Waals surface area contributed by atoms with Crippen molar-refractivity contribution >= 4 is 28.4 Å². The average molecular weight is 301 g/mol. The van der Waals surface area contributed by atoms with Gasteiger partial charge in [0.1, 0.15) is 5.82 Å². The molecule has 3 aromatic rings. The second-order valence-corrected chi connectivity index (χ2v) is 5.27. The van der Waals surface area contributed by atoms with Gasteiger partial charge >= 0.3 is 0 Å². The molecule has 0 amide bonds. The van der Waals surface area contributed by atoms with Crippen molar-refractivity contribution in [2.75, 3.05) is 0 Å². The first-order valence-electron chi connectivity index (χ1n) is 6.30. The predicted molar refractivity (Wildman–Crippen MR) is 78.3 cm³/mol. The Kier molecular flexibility index (Phi) is 3.53. The van der Waals surface area contributed by atoms with Crippen LogP contribution in [0.15, 0.2) is 40.5 Å². The van der Waals surface area contributed by atoms with Crippen molar-refractivity contribution in [3.05, 3.63) is 46.4 Å². The van der Waals surface area contributed by atoms with Crippen molar-refractivity contribution in [2.24, 2.45) is 0 Å². The molecule has 0 radical (unpaired) electrons. The van der Waals surface area contributed by atoms with Gasteiger partial charge in [-0.25, -0.2) is 4.98 Å². The highest BCUT2D eigenvalue weighted by Gasteiger charge is 2.21. The van der Waals surface area contributed by atoms with Gasteiger partial charge in [-0.1, -0.05) is 6.92 Å². The van der Waals surface area contributed by atoms with Crippen LogP contribution in [0.2, 0.25) is 0 Å².